The third-order valence-corrected chi connectivity index (χ3v) is 8.24. The number of likely N-dealkylation sites (tertiary alicyclic amines) is 1. The molecule has 0 amide bonds. The second kappa shape index (κ2) is 10.0. The first-order valence-electron chi connectivity index (χ1n) is 11.6. The molecular formula is C26H33N5O2S. The quantitative estimate of drug-likeness (QED) is 0.635. The van der Waals surface area contributed by atoms with Gasteiger partial charge in [-0.2, -0.15) is 0 Å². The van der Waals surface area contributed by atoms with Crippen LogP contribution >= 0.6 is 0 Å². The molecule has 34 heavy (non-hydrogen) atoms. The molecule has 2 aromatic rings. The summed E-state index contributed by atoms with van der Waals surface area (Å²) in [4.78, 5) is 4.80. The normalized spacial score (nSPS) is 20.5. The van der Waals surface area contributed by atoms with E-state index in [9.17, 15) is 8.42 Å². The van der Waals surface area contributed by atoms with Crippen LogP contribution in [-0.4, -0.2) is 61.6 Å². The fourth-order valence-corrected chi connectivity index (χ4v) is 5.91. The number of nitrogens with zero attached hydrogens (tertiary/aromatic N) is 3. The molecule has 0 unspecified atom stereocenters. The largest absolute Gasteiger partial charge is 0.374 e. The van der Waals surface area contributed by atoms with Crippen molar-refractivity contribution in [3.05, 3.63) is 89.4 Å². The Morgan fingerprint density at radius 3 is 2.53 bits per heavy atom. The van der Waals surface area contributed by atoms with Crippen LogP contribution in [0, 0.1) is 12.3 Å². The van der Waals surface area contributed by atoms with Gasteiger partial charge in [0.05, 0.1) is 10.5 Å². The molecule has 2 aliphatic rings. The summed E-state index contributed by atoms with van der Waals surface area (Å²) in [6.07, 6.45) is 5.32. The average Bonchev–Trinajstić information content (AvgIpc) is 3.22. The molecule has 7 nitrogen and oxygen atoms in total. The Balaban J connectivity index is 1.52. The first-order valence-corrected chi connectivity index (χ1v) is 13.0. The topological polar surface area (TPSA) is 79.7 Å². The molecule has 0 saturated carbocycles. The summed E-state index contributed by atoms with van der Waals surface area (Å²) < 4.78 is 27.4. The molecule has 2 aromatic carbocycles. The Bertz CT molecular complexity index is 1190. The zero-order chi connectivity index (χ0) is 24.3. The number of hydrogen-bond acceptors (Lipinski definition) is 6. The van der Waals surface area contributed by atoms with Crippen LogP contribution in [0.4, 0.5) is 0 Å². The van der Waals surface area contributed by atoms with Crippen molar-refractivity contribution in [2.75, 3.05) is 27.2 Å². The van der Waals surface area contributed by atoms with Gasteiger partial charge in [0, 0.05) is 39.4 Å². The molecule has 0 radical (unpaired) electrons. The van der Waals surface area contributed by atoms with Gasteiger partial charge >= 0.3 is 0 Å². The number of benzene rings is 2. The van der Waals surface area contributed by atoms with Crippen molar-refractivity contribution in [3.8, 4) is 0 Å². The van der Waals surface area contributed by atoms with Crippen molar-refractivity contribution in [3.63, 3.8) is 0 Å². The van der Waals surface area contributed by atoms with Crippen LogP contribution in [0.2, 0.25) is 0 Å². The Hall–Kier alpha value is -3.10. The Labute approximate surface area is 202 Å². The maximum Gasteiger partial charge on any atom is 0.269 e. The zero-order valence-electron chi connectivity index (χ0n) is 20.0. The molecule has 2 aliphatic heterocycles. The van der Waals surface area contributed by atoms with Crippen molar-refractivity contribution in [2.45, 2.75) is 37.2 Å². The van der Waals surface area contributed by atoms with E-state index >= 15 is 0 Å². The summed E-state index contributed by atoms with van der Waals surface area (Å²) in [5.41, 5.74) is 2.86. The molecule has 180 valence electrons. The molecule has 0 aliphatic carbocycles. The minimum Gasteiger partial charge on any atom is -0.374 e. The molecular weight excluding hydrogens is 446 g/mol. The highest BCUT2D eigenvalue weighted by Crippen LogP contribution is 2.28. The maximum absolute atomic E-state index is 13.2. The lowest BCUT2D eigenvalue weighted by molar-refractivity contribution is 0.127. The highest BCUT2D eigenvalue weighted by molar-refractivity contribution is 7.89. The van der Waals surface area contributed by atoms with Crippen LogP contribution in [0.15, 0.2) is 83.2 Å². The minimum absolute atomic E-state index is 0.0475. The van der Waals surface area contributed by atoms with Gasteiger partial charge in [-0.1, -0.05) is 48.0 Å². The smallest absolute Gasteiger partial charge is 0.269 e. The van der Waals surface area contributed by atoms with Gasteiger partial charge in [0.2, 0.25) is 0 Å². The second-order valence-electron chi connectivity index (χ2n) is 8.92. The van der Waals surface area contributed by atoms with Crippen molar-refractivity contribution in [2.24, 2.45) is 0 Å². The maximum atomic E-state index is 13.2. The fourth-order valence-electron chi connectivity index (χ4n) is 4.65. The Morgan fingerprint density at radius 2 is 1.85 bits per heavy atom. The van der Waals surface area contributed by atoms with Crippen LogP contribution in [0.5, 0.6) is 0 Å². The van der Waals surface area contributed by atoms with E-state index in [-0.39, 0.29) is 16.8 Å². The van der Waals surface area contributed by atoms with Crippen LogP contribution in [0.25, 0.3) is 0 Å². The number of sulfonamides is 1. The third-order valence-electron chi connectivity index (χ3n) is 6.55. The molecule has 1 atom stereocenters. The van der Waals surface area contributed by atoms with Crippen molar-refractivity contribution >= 4 is 15.9 Å². The molecule has 0 spiro atoms. The van der Waals surface area contributed by atoms with E-state index in [1.165, 1.54) is 11.8 Å². The molecule has 1 fully saturated rings. The molecule has 8 heteroatoms. The van der Waals surface area contributed by atoms with E-state index < -0.39 is 10.0 Å². The van der Waals surface area contributed by atoms with E-state index in [1.54, 1.807) is 30.3 Å². The van der Waals surface area contributed by atoms with Gasteiger partial charge < -0.3 is 10.2 Å². The van der Waals surface area contributed by atoms with Crippen LogP contribution < -0.4 is 5.32 Å². The number of likely N-dealkylation sites (N-methyl/N-ethyl adjacent to an activating group) is 1. The fraction of sp³-hybridized carbons (Fsp3) is 0.346. The van der Waals surface area contributed by atoms with Crippen LogP contribution in [-0.2, 0) is 16.6 Å². The summed E-state index contributed by atoms with van der Waals surface area (Å²) in [6.45, 7) is 4.79. The van der Waals surface area contributed by atoms with E-state index in [4.69, 9.17) is 5.41 Å². The van der Waals surface area contributed by atoms with Gasteiger partial charge in [0.25, 0.3) is 10.0 Å². The number of nitrogens with one attached hydrogen (secondary N) is 2. The number of amidine groups is 1. The summed E-state index contributed by atoms with van der Waals surface area (Å²) in [6, 6.07) is 17.5. The number of rotatable bonds is 7. The lowest BCUT2D eigenvalue weighted by Gasteiger charge is -2.40. The van der Waals surface area contributed by atoms with Gasteiger partial charge in [0.15, 0.2) is 0 Å². The number of piperidine rings is 1. The molecule has 1 saturated heterocycles. The van der Waals surface area contributed by atoms with Gasteiger partial charge in [-0.25, -0.2) is 12.7 Å². The second-order valence-corrected chi connectivity index (χ2v) is 10.7. The lowest BCUT2D eigenvalue weighted by Crippen LogP contribution is -2.48. The average molecular weight is 480 g/mol. The molecule has 0 bridgehead atoms. The third kappa shape index (κ3) is 4.88. The molecule has 0 aromatic heterocycles. The molecule has 2 N–H and O–H groups in total. The van der Waals surface area contributed by atoms with Crippen LogP contribution in [0.3, 0.4) is 0 Å². The zero-order valence-corrected chi connectivity index (χ0v) is 20.8. The summed E-state index contributed by atoms with van der Waals surface area (Å²) >= 11 is 0. The van der Waals surface area contributed by atoms with Crippen molar-refractivity contribution in [1.29, 1.82) is 5.41 Å². The van der Waals surface area contributed by atoms with Crippen LogP contribution in [0.1, 0.15) is 24.0 Å². The summed E-state index contributed by atoms with van der Waals surface area (Å²) in [7, 11) is 0.00274. The lowest BCUT2D eigenvalue weighted by atomic mass is 10.0. The summed E-state index contributed by atoms with van der Waals surface area (Å²) in [5, 5.41) is 11.9. The predicted octanol–water partition coefficient (Wildman–Crippen LogP) is 3.52. The van der Waals surface area contributed by atoms with E-state index in [2.05, 4.69) is 39.4 Å². The van der Waals surface area contributed by atoms with E-state index in [1.807, 2.05) is 27.1 Å². The Kier molecular flexibility index (Phi) is 7.09. The van der Waals surface area contributed by atoms with E-state index in [0.29, 0.717) is 5.57 Å². The highest BCUT2D eigenvalue weighted by atomic mass is 32.2. The molecule has 4 rings (SSSR count). The molecule has 2 heterocycles. The van der Waals surface area contributed by atoms with Crippen molar-refractivity contribution < 1.29 is 8.42 Å². The number of aryl methyl sites for hydroxylation is 1. The first kappa shape index (κ1) is 24.0. The van der Waals surface area contributed by atoms with Gasteiger partial charge in [-0.05, 0) is 50.1 Å². The Morgan fingerprint density at radius 1 is 1.15 bits per heavy atom. The highest BCUT2D eigenvalue weighted by Gasteiger charge is 2.33. The number of hydrogen-bond donors (Lipinski definition) is 2. The minimum atomic E-state index is -3.84. The summed E-state index contributed by atoms with van der Waals surface area (Å²) in [5.74, 6) is 0.711. The first-order chi connectivity index (χ1) is 16.3. The predicted molar refractivity (Wildman–Crippen MR) is 136 cm³/mol. The van der Waals surface area contributed by atoms with Crippen molar-refractivity contribution in [1.82, 2.24) is 19.4 Å². The standard InChI is InChI=1S/C26H33N5O2S/c1-20-11-13-23(14-12-20)34(32,33)31-17-15-24(25(31)27)26(28-2)29(3)22-10-7-16-30(19-22)18-21-8-5-4-6-9-21/h4-6,8-9,11-15,17,22,27-28H,7,10,16,18-19H2,1-3H3/b26-24+,27-25?/t22-/m1/s1. The van der Waals surface area contributed by atoms with E-state index in [0.717, 1.165) is 48.2 Å². The SMILES string of the molecule is CN/C(=C1/C=CN(S(=O)(=O)c2ccc(C)cc2)C1=N)N(C)[C@@H]1CCCN(Cc2ccccc2)C1. The van der Waals surface area contributed by atoms with Gasteiger partial charge in [-0.3, -0.25) is 10.3 Å². The monoisotopic (exact) mass is 479 g/mol. The van der Waals surface area contributed by atoms with Gasteiger partial charge in [-0.15, -0.1) is 0 Å². The van der Waals surface area contributed by atoms with Gasteiger partial charge in [0.1, 0.15) is 11.7 Å².